The van der Waals surface area contributed by atoms with Crippen LogP contribution in [0.5, 0.6) is 0 Å². The van der Waals surface area contributed by atoms with E-state index in [4.69, 9.17) is 4.42 Å². The Kier molecular flexibility index (Phi) is 7.30. The Hall–Kier alpha value is -3.06. The number of oxazole rings is 1. The molecule has 1 N–H and O–H groups in total. The largest absolute Gasteiger partial charge is 0.447 e. The summed E-state index contributed by atoms with van der Waals surface area (Å²) in [5, 5.41) is 2.85. The predicted octanol–water partition coefficient (Wildman–Crippen LogP) is 4.68. The molecule has 5 nitrogen and oxygen atoms in total. The molecular formula is C23H25F2N3O2. The number of benzene rings is 2. The van der Waals surface area contributed by atoms with Crippen molar-refractivity contribution in [1.82, 2.24) is 15.2 Å². The van der Waals surface area contributed by atoms with Crippen molar-refractivity contribution in [2.75, 3.05) is 0 Å². The van der Waals surface area contributed by atoms with Gasteiger partial charge >= 0.3 is 0 Å². The second kappa shape index (κ2) is 10.1. The smallest absolute Gasteiger partial charge is 0.273 e. The normalized spacial score (nSPS) is 12.2. The van der Waals surface area contributed by atoms with Gasteiger partial charge < -0.3 is 9.73 Å². The summed E-state index contributed by atoms with van der Waals surface area (Å²) in [5.74, 6) is -0.521. The first-order chi connectivity index (χ1) is 14.4. The molecule has 0 fully saturated rings. The van der Waals surface area contributed by atoms with Gasteiger partial charge in [0.05, 0.1) is 6.54 Å². The molecule has 7 heteroatoms. The fourth-order valence-electron chi connectivity index (χ4n) is 2.99. The first-order valence-corrected chi connectivity index (χ1v) is 9.89. The molecule has 3 aromatic rings. The van der Waals surface area contributed by atoms with Gasteiger partial charge in [-0.25, -0.2) is 13.8 Å². The van der Waals surface area contributed by atoms with Crippen LogP contribution >= 0.6 is 0 Å². The van der Waals surface area contributed by atoms with Crippen molar-refractivity contribution in [2.24, 2.45) is 0 Å². The Morgan fingerprint density at radius 2 is 1.80 bits per heavy atom. The van der Waals surface area contributed by atoms with E-state index in [2.05, 4.69) is 10.3 Å². The van der Waals surface area contributed by atoms with E-state index in [1.165, 1.54) is 30.5 Å². The van der Waals surface area contributed by atoms with E-state index < -0.39 is 0 Å². The lowest BCUT2D eigenvalue weighted by atomic mass is 10.1. The first kappa shape index (κ1) is 21.6. The summed E-state index contributed by atoms with van der Waals surface area (Å²) in [5.41, 5.74) is 1.91. The standard InChI is InChI=1S/C23H25F2N3O2/c1-3-16(2)26-23(29)21-15-30-22(27-21)14-28(12-17-7-9-19(24)10-8-17)13-18-5-4-6-20(25)11-18/h4-11,15-16H,3,12-14H2,1-2H3,(H,26,29)/t16-/m0/s1. The van der Waals surface area contributed by atoms with E-state index in [-0.39, 0.29) is 29.3 Å². The Labute approximate surface area is 174 Å². The van der Waals surface area contributed by atoms with Crippen molar-refractivity contribution in [3.8, 4) is 0 Å². The van der Waals surface area contributed by atoms with E-state index in [1.807, 2.05) is 24.8 Å². The fourth-order valence-corrected chi connectivity index (χ4v) is 2.99. The average Bonchev–Trinajstić information content (AvgIpc) is 3.18. The molecule has 0 aliphatic carbocycles. The Bertz CT molecular complexity index is 973. The zero-order valence-corrected chi connectivity index (χ0v) is 17.1. The van der Waals surface area contributed by atoms with Gasteiger partial charge in [-0.1, -0.05) is 31.2 Å². The van der Waals surface area contributed by atoms with Crippen molar-refractivity contribution < 1.29 is 18.0 Å². The van der Waals surface area contributed by atoms with Crippen molar-refractivity contribution in [2.45, 2.75) is 45.9 Å². The Morgan fingerprint density at radius 1 is 1.07 bits per heavy atom. The maximum absolute atomic E-state index is 13.6. The van der Waals surface area contributed by atoms with E-state index in [0.717, 1.165) is 17.5 Å². The molecule has 158 valence electrons. The minimum atomic E-state index is -0.311. The maximum Gasteiger partial charge on any atom is 0.273 e. The molecule has 0 radical (unpaired) electrons. The molecule has 0 saturated heterocycles. The van der Waals surface area contributed by atoms with Crippen LogP contribution in [0, 0.1) is 11.6 Å². The summed E-state index contributed by atoms with van der Waals surface area (Å²) in [7, 11) is 0. The molecule has 0 saturated carbocycles. The SMILES string of the molecule is CC[C@H](C)NC(=O)c1coc(CN(Cc2ccc(F)cc2)Cc2cccc(F)c2)n1. The quantitative estimate of drug-likeness (QED) is 0.553. The molecule has 30 heavy (non-hydrogen) atoms. The highest BCUT2D eigenvalue weighted by Crippen LogP contribution is 2.16. The van der Waals surface area contributed by atoms with Crippen molar-refractivity contribution in [3.05, 3.63) is 89.1 Å². The number of carbonyl (C=O) groups is 1. The minimum Gasteiger partial charge on any atom is -0.447 e. The molecular weight excluding hydrogens is 388 g/mol. The van der Waals surface area contributed by atoms with E-state index >= 15 is 0 Å². The summed E-state index contributed by atoms with van der Waals surface area (Å²) in [6, 6.07) is 12.6. The molecule has 0 aliphatic heterocycles. The molecule has 0 spiro atoms. The van der Waals surface area contributed by atoms with E-state index in [0.29, 0.717) is 25.5 Å². The summed E-state index contributed by atoms with van der Waals surface area (Å²) in [6.45, 7) is 5.13. The number of aromatic nitrogens is 1. The number of nitrogens with one attached hydrogen (secondary N) is 1. The molecule has 1 aromatic heterocycles. The highest BCUT2D eigenvalue weighted by Gasteiger charge is 2.17. The molecule has 1 heterocycles. The maximum atomic E-state index is 13.6. The van der Waals surface area contributed by atoms with Gasteiger partial charge in [-0.05, 0) is 48.7 Å². The second-order valence-corrected chi connectivity index (χ2v) is 7.31. The highest BCUT2D eigenvalue weighted by atomic mass is 19.1. The number of hydrogen-bond donors (Lipinski definition) is 1. The van der Waals surface area contributed by atoms with Crippen LogP contribution in [0.4, 0.5) is 8.78 Å². The third-order valence-corrected chi connectivity index (χ3v) is 4.75. The molecule has 1 amide bonds. The van der Waals surface area contributed by atoms with E-state index in [9.17, 15) is 13.6 Å². The number of carbonyl (C=O) groups excluding carboxylic acids is 1. The second-order valence-electron chi connectivity index (χ2n) is 7.31. The van der Waals surface area contributed by atoms with Gasteiger partial charge in [0.1, 0.15) is 17.9 Å². The van der Waals surface area contributed by atoms with Crippen LogP contribution in [0.1, 0.15) is 47.8 Å². The first-order valence-electron chi connectivity index (χ1n) is 9.89. The molecule has 3 rings (SSSR count). The Balaban J connectivity index is 1.74. The molecule has 2 aromatic carbocycles. The number of halogens is 2. The lowest BCUT2D eigenvalue weighted by Gasteiger charge is -2.21. The van der Waals surface area contributed by atoms with Crippen molar-refractivity contribution in [1.29, 1.82) is 0 Å². The van der Waals surface area contributed by atoms with Gasteiger partial charge in [0, 0.05) is 19.1 Å². The zero-order chi connectivity index (χ0) is 21.5. The number of rotatable bonds is 9. The lowest BCUT2D eigenvalue weighted by molar-refractivity contribution is 0.0934. The number of amides is 1. The average molecular weight is 413 g/mol. The van der Waals surface area contributed by atoms with Gasteiger partial charge in [0.25, 0.3) is 5.91 Å². The van der Waals surface area contributed by atoms with Crippen molar-refractivity contribution >= 4 is 5.91 Å². The van der Waals surface area contributed by atoms with Gasteiger partial charge in [0.2, 0.25) is 5.89 Å². The van der Waals surface area contributed by atoms with Crippen LogP contribution in [0.25, 0.3) is 0 Å². The van der Waals surface area contributed by atoms with Crippen molar-refractivity contribution in [3.63, 3.8) is 0 Å². The summed E-state index contributed by atoms with van der Waals surface area (Å²) in [6.07, 6.45) is 2.15. The molecule has 0 aliphatic rings. The molecule has 1 atom stereocenters. The van der Waals surface area contributed by atoms with Crippen LogP contribution in [-0.2, 0) is 19.6 Å². The predicted molar refractivity (Wildman–Crippen MR) is 109 cm³/mol. The van der Waals surface area contributed by atoms with Gasteiger partial charge in [-0.15, -0.1) is 0 Å². The van der Waals surface area contributed by atoms with Gasteiger partial charge in [-0.2, -0.15) is 0 Å². The van der Waals surface area contributed by atoms with Crippen LogP contribution in [0.2, 0.25) is 0 Å². The third kappa shape index (κ3) is 6.22. The van der Waals surface area contributed by atoms with Gasteiger partial charge in [0.15, 0.2) is 5.69 Å². The third-order valence-electron chi connectivity index (χ3n) is 4.75. The Morgan fingerprint density at radius 3 is 2.50 bits per heavy atom. The fraction of sp³-hybridized carbons (Fsp3) is 0.304. The van der Waals surface area contributed by atoms with Gasteiger partial charge in [-0.3, -0.25) is 9.69 Å². The van der Waals surface area contributed by atoms with E-state index in [1.54, 1.807) is 18.2 Å². The van der Waals surface area contributed by atoms with Crippen LogP contribution in [0.15, 0.2) is 59.2 Å². The summed E-state index contributed by atoms with van der Waals surface area (Å²) < 4.78 is 32.3. The van der Waals surface area contributed by atoms with Crippen LogP contribution in [0.3, 0.4) is 0 Å². The number of nitrogens with zero attached hydrogens (tertiary/aromatic N) is 2. The zero-order valence-electron chi connectivity index (χ0n) is 17.1. The van der Waals surface area contributed by atoms with Crippen LogP contribution < -0.4 is 5.32 Å². The summed E-state index contributed by atoms with van der Waals surface area (Å²) >= 11 is 0. The molecule has 0 bridgehead atoms. The topological polar surface area (TPSA) is 58.4 Å². The summed E-state index contributed by atoms with van der Waals surface area (Å²) in [4.78, 5) is 18.5. The minimum absolute atomic E-state index is 0.0422. The lowest BCUT2D eigenvalue weighted by Crippen LogP contribution is -2.32. The number of hydrogen-bond acceptors (Lipinski definition) is 4. The monoisotopic (exact) mass is 413 g/mol. The highest BCUT2D eigenvalue weighted by molar-refractivity contribution is 5.92. The van der Waals surface area contributed by atoms with Crippen LogP contribution in [-0.4, -0.2) is 21.8 Å². The molecule has 0 unspecified atom stereocenters.